The van der Waals surface area contributed by atoms with E-state index in [1.807, 2.05) is 0 Å². The molecule has 1 unspecified atom stereocenters. The third-order valence-corrected chi connectivity index (χ3v) is 5.00. The maximum atomic E-state index is 12.0. The predicted molar refractivity (Wildman–Crippen MR) is 83.4 cm³/mol. The molecule has 0 radical (unpaired) electrons. The highest BCUT2D eigenvalue weighted by Crippen LogP contribution is 2.13. The summed E-state index contributed by atoms with van der Waals surface area (Å²) in [5, 5.41) is 14.4. The van der Waals surface area contributed by atoms with E-state index in [-0.39, 0.29) is 23.1 Å². The normalized spacial score (nSPS) is 20.1. The first-order valence-corrected chi connectivity index (χ1v) is 8.45. The highest BCUT2D eigenvalue weighted by Gasteiger charge is 2.27. The fourth-order valence-electron chi connectivity index (χ4n) is 2.04. The zero-order valence-corrected chi connectivity index (χ0v) is 12.6. The number of nitrogens with zero attached hydrogens (tertiary/aromatic N) is 1. The standard InChI is InChI=1S/C14H16N4O3S/c15-7-10(8-17-13-5-6-22(20,21)9-13)14(19)18-12-3-1-11(16)2-4-12/h1-4,8,13,17H,5-6,9,16H2,(H,18,19)/b10-8-. The van der Waals surface area contributed by atoms with Crippen LogP contribution in [0.15, 0.2) is 36.0 Å². The lowest BCUT2D eigenvalue weighted by atomic mass is 10.2. The van der Waals surface area contributed by atoms with Crippen LogP contribution in [0.2, 0.25) is 0 Å². The molecule has 1 aromatic rings. The molecule has 8 heteroatoms. The molecule has 1 saturated heterocycles. The van der Waals surface area contributed by atoms with Gasteiger partial charge in [0.25, 0.3) is 5.91 Å². The first-order chi connectivity index (χ1) is 10.4. The van der Waals surface area contributed by atoms with E-state index in [0.29, 0.717) is 17.8 Å². The van der Waals surface area contributed by atoms with E-state index in [2.05, 4.69) is 10.6 Å². The van der Waals surface area contributed by atoms with E-state index < -0.39 is 15.7 Å². The van der Waals surface area contributed by atoms with Crippen LogP contribution in [-0.4, -0.2) is 31.9 Å². The number of nitrogens with one attached hydrogen (secondary N) is 2. The van der Waals surface area contributed by atoms with Crippen molar-refractivity contribution >= 4 is 27.1 Å². The summed E-state index contributed by atoms with van der Waals surface area (Å²) in [6.07, 6.45) is 1.73. The second-order valence-corrected chi connectivity index (χ2v) is 7.24. The second-order valence-electron chi connectivity index (χ2n) is 5.01. The molecule has 1 fully saturated rings. The highest BCUT2D eigenvalue weighted by molar-refractivity contribution is 7.91. The Morgan fingerprint density at radius 2 is 2.05 bits per heavy atom. The van der Waals surface area contributed by atoms with Crippen LogP contribution < -0.4 is 16.4 Å². The number of hydrogen-bond acceptors (Lipinski definition) is 6. The third-order valence-electron chi connectivity index (χ3n) is 3.23. The number of sulfone groups is 1. The Labute approximate surface area is 128 Å². The SMILES string of the molecule is N#C/C(=C/NC1CCS(=O)(=O)C1)C(=O)Nc1ccc(N)cc1. The first kappa shape index (κ1) is 15.9. The molecule has 1 aliphatic rings. The van der Waals surface area contributed by atoms with Crippen LogP contribution in [0.3, 0.4) is 0 Å². The molecule has 0 saturated carbocycles. The summed E-state index contributed by atoms with van der Waals surface area (Å²) in [5.74, 6) is -0.430. The lowest BCUT2D eigenvalue weighted by Gasteiger charge is -2.09. The molecular formula is C14H16N4O3S. The number of anilines is 2. The van der Waals surface area contributed by atoms with E-state index in [9.17, 15) is 13.2 Å². The van der Waals surface area contributed by atoms with E-state index in [0.717, 1.165) is 0 Å². The minimum atomic E-state index is -3.01. The maximum absolute atomic E-state index is 12.0. The second kappa shape index (κ2) is 6.49. The van der Waals surface area contributed by atoms with Crippen molar-refractivity contribution in [3.63, 3.8) is 0 Å². The van der Waals surface area contributed by atoms with E-state index in [4.69, 9.17) is 11.0 Å². The zero-order valence-electron chi connectivity index (χ0n) is 11.7. The molecule has 22 heavy (non-hydrogen) atoms. The van der Waals surface area contributed by atoms with Gasteiger partial charge in [-0.05, 0) is 30.7 Å². The average Bonchev–Trinajstić information content (AvgIpc) is 2.81. The zero-order chi connectivity index (χ0) is 16.2. The van der Waals surface area contributed by atoms with Crippen LogP contribution >= 0.6 is 0 Å². The molecule has 1 atom stereocenters. The van der Waals surface area contributed by atoms with Crippen molar-refractivity contribution in [1.82, 2.24) is 5.32 Å². The summed E-state index contributed by atoms with van der Waals surface area (Å²) in [7, 11) is -3.01. The number of nitriles is 1. The third kappa shape index (κ3) is 4.23. The van der Waals surface area contributed by atoms with Gasteiger partial charge in [0.15, 0.2) is 9.84 Å². The monoisotopic (exact) mass is 320 g/mol. The Morgan fingerprint density at radius 3 is 2.59 bits per heavy atom. The Kier molecular flexibility index (Phi) is 4.68. The number of benzene rings is 1. The van der Waals surface area contributed by atoms with Gasteiger partial charge in [0.05, 0.1) is 11.5 Å². The molecule has 2 rings (SSSR count). The molecule has 0 aliphatic carbocycles. The molecule has 4 N–H and O–H groups in total. The summed E-state index contributed by atoms with van der Waals surface area (Å²) in [4.78, 5) is 12.0. The Bertz CT molecular complexity index is 732. The van der Waals surface area contributed by atoms with Gasteiger partial charge in [-0.3, -0.25) is 4.79 Å². The number of amides is 1. The van der Waals surface area contributed by atoms with Gasteiger partial charge in [-0.25, -0.2) is 8.42 Å². The first-order valence-electron chi connectivity index (χ1n) is 6.63. The lowest BCUT2D eigenvalue weighted by Crippen LogP contribution is -2.27. The van der Waals surface area contributed by atoms with Crippen molar-refractivity contribution in [2.24, 2.45) is 0 Å². The molecule has 1 aromatic carbocycles. The lowest BCUT2D eigenvalue weighted by molar-refractivity contribution is -0.112. The molecule has 0 aromatic heterocycles. The summed E-state index contributed by atoms with van der Waals surface area (Å²) in [6.45, 7) is 0. The fourth-order valence-corrected chi connectivity index (χ4v) is 3.73. The van der Waals surface area contributed by atoms with Crippen molar-refractivity contribution in [1.29, 1.82) is 5.26 Å². The smallest absolute Gasteiger partial charge is 0.267 e. The van der Waals surface area contributed by atoms with Crippen molar-refractivity contribution in [2.45, 2.75) is 12.5 Å². The van der Waals surface area contributed by atoms with E-state index in [1.165, 1.54) is 6.20 Å². The van der Waals surface area contributed by atoms with Gasteiger partial charge in [-0.1, -0.05) is 0 Å². The molecule has 1 aliphatic heterocycles. The minimum Gasteiger partial charge on any atom is -0.399 e. The summed E-state index contributed by atoms with van der Waals surface area (Å²) >= 11 is 0. The molecular weight excluding hydrogens is 304 g/mol. The molecule has 0 spiro atoms. The van der Waals surface area contributed by atoms with Gasteiger partial charge in [-0.2, -0.15) is 5.26 Å². The number of rotatable bonds is 4. The van der Waals surface area contributed by atoms with Crippen molar-refractivity contribution in [2.75, 3.05) is 22.6 Å². The summed E-state index contributed by atoms with van der Waals surface area (Å²) in [5.41, 5.74) is 6.51. The number of carbonyl (C=O) groups is 1. The fraction of sp³-hybridized carbons (Fsp3) is 0.286. The molecule has 116 valence electrons. The van der Waals surface area contributed by atoms with Crippen LogP contribution in [0.1, 0.15) is 6.42 Å². The Balaban J connectivity index is 1.98. The average molecular weight is 320 g/mol. The topological polar surface area (TPSA) is 125 Å². The summed E-state index contributed by atoms with van der Waals surface area (Å²) in [6, 6.07) is 8.04. The van der Waals surface area contributed by atoms with Gasteiger partial charge >= 0.3 is 0 Å². The minimum absolute atomic E-state index is 0.0157. The van der Waals surface area contributed by atoms with Crippen molar-refractivity contribution in [3.8, 4) is 6.07 Å². The Hall–Kier alpha value is -2.53. The van der Waals surface area contributed by atoms with E-state index >= 15 is 0 Å². The summed E-state index contributed by atoms with van der Waals surface area (Å²) < 4.78 is 22.7. The van der Waals surface area contributed by atoms with Crippen LogP contribution in [0.5, 0.6) is 0 Å². The van der Waals surface area contributed by atoms with Crippen molar-refractivity contribution < 1.29 is 13.2 Å². The van der Waals surface area contributed by atoms with Gasteiger partial charge < -0.3 is 16.4 Å². The van der Waals surface area contributed by atoms with Gasteiger partial charge in [-0.15, -0.1) is 0 Å². The van der Waals surface area contributed by atoms with Gasteiger partial charge in [0.1, 0.15) is 11.6 Å². The van der Waals surface area contributed by atoms with Crippen LogP contribution in [0.25, 0.3) is 0 Å². The number of carbonyl (C=O) groups excluding carboxylic acids is 1. The molecule has 0 bridgehead atoms. The number of nitrogen functional groups attached to an aromatic ring is 1. The van der Waals surface area contributed by atoms with Crippen LogP contribution in [-0.2, 0) is 14.6 Å². The van der Waals surface area contributed by atoms with Crippen LogP contribution in [0, 0.1) is 11.3 Å². The number of nitrogens with two attached hydrogens (primary N) is 1. The van der Waals surface area contributed by atoms with Crippen molar-refractivity contribution in [3.05, 3.63) is 36.0 Å². The molecule has 7 nitrogen and oxygen atoms in total. The molecule has 1 amide bonds. The molecule has 1 heterocycles. The van der Waals surface area contributed by atoms with Gasteiger partial charge in [0, 0.05) is 23.6 Å². The quantitative estimate of drug-likeness (QED) is 0.419. The van der Waals surface area contributed by atoms with Crippen LogP contribution in [0.4, 0.5) is 11.4 Å². The predicted octanol–water partition coefficient (Wildman–Crippen LogP) is 0.391. The highest BCUT2D eigenvalue weighted by atomic mass is 32.2. The largest absolute Gasteiger partial charge is 0.399 e. The maximum Gasteiger partial charge on any atom is 0.267 e. The van der Waals surface area contributed by atoms with E-state index in [1.54, 1.807) is 30.3 Å². The number of hydrogen-bond donors (Lipinski definition) is 3. The Morgan fingerprint density at radius 1 is 1.36 bits per heavy atom. The van der Waals surface area contributed by atoms with Gasteiger partial charge in [0.2, 0.25) is 0 Å².